The quantitative estimate of drug-likeness (QED) is 0.707. The zero-order chi connectivity index (χ0) is 23.1. The van der Waals surface area contributed by atoms with E-state index in [-0.39, 0.29) is 12.5 Å². The Morgan fingerprint density at radius 2 is 1.68 bits per heavy atom. The summed E-state index contributed by atoms with van der Waals surface area (Å²) in [6.45, 7) is 11.2. The van der Waals surface area contributed by atoms with Crippen LogP contribution in [0.3, 0.4) is 0 Å². The molecule has 0 bridgehead atoms. The molecule has 31 heavy (non-hydrogen) atoms. The summed E-state index contributed by atoms with van der Waals surface area (Å²) in [6.07, 6.45) is 0.141. The van der Waals surface area contributed by atoms with E-state index in [4.69, 9.17) is 9.47 Å². The predicted octanol–water partition coefficient (Wildman–Crippen LogP) is 4.65. The molecule has 170 valence electrons. The third-order valence-corrected chi connectivity index (χ3v) is 5.02. The number of hydrogen-bond donors (Lipinski definition) is 1. The van der Waals surface area contributed by atoms with E-state index in [9.17, 15) is 19.1 Å². The molecule has 2 heterocycles. The number of likely N-dealkylation sites (tertiary alicyclic amines) is 1. The Morgan fingerprint density at radius 3 is 2.26 bits per heavy atom. The predicted molar refractivity (Wildman–Crippen MR) is 115 cm³/mol. The molecule has 2 atom stereocenters. The van der Waals surface area contributed by atoms with Crippen molar-refractivity contribution < 1.29 is 28.6 Å². The van der Waals surface area contributed by atoms with Crippen LogP contribution in [0.15, 0.2) is 24.4 Å². The zero-order valence-corrected chi connectivity index (χ0v) is 18.9. The van der Waals surface area contributed by atoms with E-state index in [1.54, 1.807) is 53.8 Å². The smallest absolute Gasteiger partial charge is 0.419 e. The molecule has 0 radical (unpaired) electrons. The number of fused-ring (bicyclic) bond motifs is 1. The molecule has 2 aromatic rings. The Labute approximate surface area is 181 Å². The summed E-state index contributed by atoms with van der Waals surface area (Å²) in [5.74, 6) is -0.794. The monoisotopic (exact) mass is 434 g/mol. The Balaban J connectivity index is 1.90. The zero-order valence-electron chi connectivity index (χ0n) is 18.9. The van der Waals surface area contributed by atoms with Crippen molar-refractivity contribution in [1.82, 2.24) is 9.47 Å². The molecule has 1 amide bonds. The van der Waals surface area contributed by atoms with Crippen LogP contribution in [0.4, 0.5) is 14.0 Å². The fraction of sp³-hybridized carbons (Fsp3) is 0.565. The molecule has 1 aliphatic heterocycles. The van der Waals surface area contributed by atoms with Crippen molar-refractivity contribution >= 4 is 23.1 Å². The topological polar surface area (TPSA) is 81.0 Å². The van der Waals surface area contributed by atoms with Gasteiger partial charge in [0.25, 0.3) is 0 Å². The highest BCUT2D eigenvalue weighted by Crippen LogP contribution is 2.35. The number of halogens is 1. The number of rotatable bonds is 1. The number of ether oxygens (including phenoxy) is 2. The SMILES string of the molecule is CC(C)(C)OC(=O)N1CC[C@H](c2cn(C(=O)OC(C)(C)C)c3cc(F)ccc23)[C@@H](O)C1. The van der Waals surface area contributed by atoms with E-state index in [0.717, 1.165) is 5.56 Å². The Morgan fingerprint density at radius 1 is 1.06 bits per heavy atom. The number of carbonyl (C=O) groups excluding carboxylic acids is 2. The first-order chi connectivity index (χ1) is 14.2. The van der Waals surface area contributed by atoms with E-state index in [0.29, 0.717) is 23.9 Å². The van der Waals surface area contributed by atoms with Crippen LogP contribution in [-0.4, -0.2) is 57.2 Å². The highest BCUT2D eigenvalue weighted by Gasteiger charge is 2.35. The molecule has 7 nitrogen and oxygen atoms in total. The van der Waals surface area contributed by atoms with Gasteiger partial charge in [0.2, 0.25) is 0 Å². The van der Waals surface area contributed by atoms with E-state index < -0.39 is 35.3 Å². The van der Waals surface area contributed by atoms with Crippen LogP contribution in [0.2, 0.25) is 0 Å². The summed E-state index contributed by atoms with van der Waals surface area (Å²) in [5.41, 5.74) is -0.230. The van der Waals surface area contributed by atoms with E-state index >= 15 is 0 Å². The number of nitrogens with zero attached hydrogens (tertiary/aromatic N) is 2. The third-order valence-electron chi connectivity index (χ3n) is 5.02. The van der Waals surface area contributed by atoms with Gasteiger partial charge in [-0.05, 0) is 71.7 Å². The Kier molecular flexibility index (Phi) is 6.06. The number of amides is 1. The molecule has 3 rings (SSSR count). The van der Waals surface area contributed by atoms with Gasteiger partial charge in [-0.25, -0.2) is 14.0 Å². The maximum Gasteiger partial charge on any atom is 0.419 e. The number of hydrogen-bond acceptors (Lipinski definition) is 5. The lowest BCUT2D eigenvalue weighted by Crippen LogP contribution is -2.47. The molecule has 1 saturated heterocycles. The third kappa shape index (κ3) is 5.36. The summed E-state index contributed by atoms with van der Waals surface area (Å²) in [7, 11) is 0. The van der Waals surface area contributed by atoms with E-state index in [1.807, 2.05) is 0 Å². The number of aliphatic hydroxyl groups is 1. The summed E-state index contributed by atoms with van der Waals surface area (Å²) >= 11 is 0. The second-order valence-corrected chi connectivity index (χ2v) is 9.99. The van der Waals surface area contributed by atoms with Gasteiger partial charge in [-0.1, -0.05) is 0 Å². The minimum Gasteiger partial charge on any atom is -0.444 e. The highest BCUT2D eigenvalue weighted by atomic mass is 19.1. The van der Waals surface area contributed by atoms with Crippen LogP contribution < -0.4 is 0 Å². The largest absolute Gasteiger partial charge is 0.444 e. The second kappa shape index (κ2) is 8.15. The molecular weight excluding hydrogens is 403 g/mol. The van der Waals surface area contributed by atoms with Crippen LogP contribution in [0, 0.1) is 5.82 Å². The van der Waals surface area contributed by atoms with Gasteiger partial charge in [-0.2, -0.15) is 0 Å². The molecule has 1 aliphatic rings. The van der Waals surface area contributed by atoms with Crippen molar-refractivity contribution in [3.63, 3.8) is 0 Å². The first-order valence-electron chi connectivity index (χ1n) is 10.4. The number of aliphatic hydroxyl groups excluding tert-OH is 1. The van der Waals surface area contributed by atoms with Gasteiger partial charge in [0, 0.05) is 24.0 Å². The minimum atomic E-state index is -0.857. The van der Waals surface area contributed by atoms with Crippen molar-refractivity contribution in [3.05, 3.63) is 35.8 Å². The number of benzene rings is 1. The molecule has 1 fully saturated rings. The molecule has 0 saturated carbocycles. The van der Waals surface area contributed by atoms with Crippen LogP contribution in [-0.2, 0) is 9.47 Å². The first kappa shape index (κ1) is 23.1. The molecule has 1 aromatic carbocycles. The minimum absolute atomic E-state index is 0.111. The average molecular weight is 435 g/mol. The van der Waals surface area contributed by atoms with Crippen molar-refractivity contribution in [1.29, 1.82) is 0 Å². The lowest BCUT2D eigenvalue weighted by Gasteiger charge is -2.36. The maximum absolute atomic E-state index is 13.9. The van der Waals surface area contributed by atoms with Gasteiger partial charge in [-0.15, -0.1) is 0 Å². The molecule has 0 unspecified atom stereocenters. The van der Waals surface area contributed by atoms with Crippen molar-refractivity contribution in [2.24, 2.45) is 0 Å². The highest BCUT2D eigenvalue weighted by molar-refractivity contribution is 5.92. The molecule has 1 N–H and O–H groups in total. The molecular formula is C23H31FN2O5. The van der Waals surface area contributed by atoms with Crippen LogP contribution in [0.1, 0.15) is 59.4 Å². The molecule has 0 aliphatic carbocycles. The Bertz CT molecular complexity index is 986. The van der Waals surface area contributed by atoms with Gasteiger partial charge < -0.3 is 19.5 Å². The molecule has 1 aromatic heterocycles. The number of β-amino-alcohol motifs (C(OH)–C–C–N with tert-alkyl or cyclic N) is 1. The van der Waals surface area contributed by atoms with Gasteiger partial charge >= 0.3 is 12.2 Å². The standard InChI is InChI=1S/C23H31FN2O5/c1-22(2,3)30-20(28)25-10-9-16(19(27)13-25)17-12-26(21(29)31-23(4,5)6)18-11-14(24)7-8-15(17)18/h7-8,11-12,16,19,27H,9-10,13H2,1-6H3/t16-,19+/m1/s1. The molecule has 0 spiro atoms. The van der Waals surface area contributed by atoms with Crippen molar-refractivity contribution in [2.45, 2.75) is 71.2 Å². The summed E-state index contributed by atoms with van der Waals surface area (Å²) in [5, 5.41) is 11.5. The van der Waals surface area contributed by atoms with Crippen molar-refractivity contribution in [3.8, 4) is 0 Å². The number of piperidine rings is 1. The second-order valence-electron chi connectivity index (χ2n) is 9.99. The van der Waals surface area contributed by atoms with Crippen molar-refractivity contribution in [2.75, 3.05) is 13.1 Å². The van der Waals surface area contributed by atoms with E-state index in [1.165, 1.54) is 21.6 Å². The first-order valence-corrected chi connectivity index (χ1v) is 10.4. The van der Waals surface area contributed by atoms with E-state index in [2.05, 4.69) is 0 Å². The summed E-state index contributed by atoms with van der Waals surface area (Å²) in [6, 6.07) is 4.21. The summed E-state index contributed by atoms with van der Waals surface area (Å²) in [4.78, 5) is 26.6. The van der Waals surface area contributed by atoms with Gasteiger partial charge in [0.05, 0.1) is 18.2 Å². The lowest BCUT2D eigenvalue weighted by molar-refractivity contribution is -0.00139. The fourth-order valence-corrected chi connectivity index (χ4v) is 3.77. The average Bonchev–Trinajstić information content (AvgIpc) is 2.97. The Hall–Kier alpha value is -2.61. The summed E-state index contributed by atoms with van der Waals surface area (Å²) < 4.78 is 26.1. The van der Waals surface area contributed by atoms with Crippen LogP contribution in [0.5, 0.6) is 0 Å². The van der Waals surface area contributed by atoms with Gasteiger partial charge in [0.15, 0.2) is 0 Å². The van der Waals surface area contributed by atoms with Crippen LogP contribution >= 0.6 is 0 Å². The lowest BCUT2D eigenvalue weighted by atomic mass is 9.87. The maximum atomic E-state index is 13.9. The van der Waals surface area contributed by atoms with Gasteiger partial charge in [-0.3, -0.25) is 4.57 Å². The number of aromatic nitrogens is 1. The molecule has 8 heteroatoms. The van der Waals surface area contributed by atoms with Crippen LogP contribution in [0.25, 0.3) is 10.9 Å². The number of carbonyl (C=O) groups is 2. The normalized spacial score (nSPS) is 20.1. The van der Waals surface area contributed by atoms with Gasteiger partial charge in [0.1, 0.15) is 17.0 Å². The fourth-order valence-electron chi connectivity index (χ4n) is 3.77.